The monoisotopic (exact) mass is 634 g/mol. The third-order valence-electron chi connectivity index (χ3n) is 10.2. The summed E-state index contributed by atoms with van der Waals surface area (Å²) in [6.07, 6.45) is 4.14. The number of para-hydroxylation sites is 1. The number of pyridine rings is 1. The van der Waals surface area contributed by atoms with Crippen LogP contribution in [0.2, 0.25) is 0 Å². The van der Waals surface area contributed by atoms with Gasteiger partial charge in [-0.3, -0.25) is 9.88 Å². The number of aliphatic hydroxyl groups is 1. The normalized spacial score (nSPS) is 19.8. The van der Waals surface area contributed by atoms with Crippen molar-refractivity contribution >= 4 is 26.6 Å². The third kappa shape index (κ3) is 5.03. The summed E-state index contributed by atoms with van der Waals surface area (Å²) in [4.78, 5) is 9.69. The van der Waals surface area contributed by atoms with Crippen LogP contribution in [0.3, 0.4) is 0 Å². The summed E-state index contributed by atoms with van der Waals surface area (Å²) >= 11 is 0. The summed E-state index contributed by atoms with van der Waals surface area (Å²) < 4.78 is 30.9. The molecule has 8 heteroatoms. The van der Waals surface area contributed by atoms with E-state index in [4.69, 9.17) is 0 Å². The lowest BCUT2D eigenvalue weighted by Gasteiger charge is -2.45. The van der Waals surface area contributed by atoms with E-state index < -0.39 is 10.0 Å². The molecule has 0 radical (unpaired) electrons. The number of aryl methyl sites for hydroxylation is 3. The number of anilines is 1. The van der Waals surface area contributed by atoms with Crippen molar-refractivity contribution < 1.29 is 13.5 Å². The number of aromatic nitrogens is 2. The zero-order chi connectivity index (χ0) is 32.0. The van der Waals surface area contributed by atoms with Crippen LogP contribution in [0.5, 0.6) is 0 Å². The first-order chi connectivity index (χ1) is 22.4. The Morgan fingerprint density at radius 1 is 0.913 bits per heavy atom. The minimum atomic E-state index is -3.95. The second-order valence-corrected chi connectivity index (χ2v) is 14.4. The minimum Gasteiger partial charge on any atom is -0.395 e. The molecule has 238 valence electrons. The first kappa shape index (κ1) is 30.7. The van der Waals surface area contributed by atoms with Crippen LogP contribution in [0.15, 0.2) is 96.0 Å². The summed E-state index contributed by atoms with van der Waals surface area (Å²) in [7, 11) is -3.95. The number of hydrogen-bond acceptors (Lipinski definition) is 6. The molecule has 46 heavy (non-hydrogen) atoms. The van der Waals surface area contributed by atoms with Gasteiger partial charge in [0.25, 0.3) is 10.0 Å². The van der Waals surface area contributed by atoms with E-state index in [1.54, 1.807) is 22.3 Å². The quantitative estimate of drug-likeness (QED) is 0.202. The topological polar surface area (TPSA) is 78.7 Å². The van der Waals surface area contributed by atoms with Crippen LogP contribution in [0, 0.1) is 6.92 Å². The summed E-state index contributed by atoms with van der Waals surface area (Å²) in [5.41, 5.74) is 7.73. The molecule has 0 bridgehead atoms. The maximum atomic E-state index is 14.7. The number of likely N-dealkylation sites (tertiary alicyclic amines) is 1. The van der Waals surface area contributed by atoms with Gasteiger partial charge in [-0.15, -0.1) is 0 Å². The first-order valence-corrected chi connectivity index (χ1v) is 17.9. The number of aliphatic hydroxyl groups excluding tert-OH is 1. The number of rotatable bonds is 9. The molecule has 2 aliphatic rings. The third-order valence-corrected chi connectivity index (χ3v) is 11.9. The summed E-state index contributed by atoms with van der Waals surface area (Å²) in [6.45, 7) is 9.12. The molecule has 0 amide bonds. The highest BCUT2D eigenvalue weighted by Gasteiger charge is 2.46. The Balaban J connectivity index is 1.44. The van der Waals surface area contributed by atoms with E-state index in [2.05, 4.69) is 46.8 Å². The van der Waals surface area contributed by atoms with E-state index in [9.17, 15) is 13.5 Å². The predicted molar refractivity (Wildman–Crippen MR) is 185 cm³/mol. The van der Waals surface area contributed by atoms with Crippen molar-refractivity contribution in [3.63, 3.8) is 0 Å². The lowest BCUT2D eigenvalue weighted by molar-refractivity contribution is 0.0703. The molecule has 3 atom stereocenters. The summed E-state index contributed by atoms with van der Waals surface area (Å²) in [6, 6.07) is 27.7. The van der Waals surface area contributed by atoms with E-state index in [1.807, 2.05) is 61.5 Å². The molecule has 7 nitrogen and oxygen atoms in total. The van der Waals surface area contributed by atoms with Crippen molar-refractivity contribution in [2.75, 3.05) is 31.1 Å². The van der Waals surface area contributed by atoms with Crippen LogP contribution in [0.4, 0.5) is 5.69 Å². The van der Waals surface area contributed by atoms with Gasteiger partial charge in [0, 0.05) is 35.4 Å². The molecule has 7 rings (SSSR count). The molecular formula is C38H42N4O3S. The van der Waals surface area contributed by atoms with Gasteiger partial charge in [-0.1, -0.05) is 55.0 Å². The van der Waals surface area contributed by atoms with Crippen LogP contribution in [0.25, 0.3) is 22.2 Å². The zero-order valence-electron chi connectivity index (χ0n) is 26.8. The molecular weight excluding hydrogens is 593 g/mol. The number of benzene rings is 3. The average molecular weight is 635 g/mol. The van der Waals surface area contributed by atoms with Gasteiger partial charge < -0.3 is 10.0 Å². The number of piperidine rings is 1. The molecule has 4 heterocycles. The maximum absolute atomic E-state index is 14.7. The van der Waals surface area contributed by atoms with Gasteiger partial charge in [-0.2, -0.15) is 0 Å². The molecule has 2 aromatic heterocycles. The molecule has 3 unspecified atom stereocenters. The fraction of sp³-hybridized carbons (Fsp3) is 0.342. The maximum Gasteiger partial charge on any atom is 0.268 e. The van der Waals surface area contributed by atoms with Gasteiger partial charge in [0.2, 0.25) is 0 Å². The van der Waals surface area contributed by atoms with Crippen molar-refractivity contribution in [1.29, 1.82) is 0 Å². The van der Waals surface area contributed by atoms with Crippen molar-refractivity contribution in [2.45, 2.75) is 62.9 Å². The molecule has 1 N–H and O–H groups in total. The number of nitrogens with zero attached hydrogens (tertiary/aromatic N) is 4. The smallest absolute Gasteiger partial charge is 0.268 e. The van der Waals surface area contributed by atoms with Crippen LogP contribution in [-0.4, -0.2) is 65.7 Å². The Bertz CT molecular complexity index is 1970. The van der Waals surface area contributed by atoms with E-state index in [0.29, 0.717) is 18.4 Å². The van der Waals surface area contributed by atoms with Gasteiger partial charge in [0.1, 0.15) is 0 Å². The van der Waals surface area contributed by atoms with Crippen LogP contribution in [-0.2, 0) is 22.9 Å². The Hall–Kier alpha value is -3.98. The fourth-order valence-electron chi connectivity index (χ4n) is 7.99. The summed E-state index contributed by atoms with van der Waals surface area (Å²) in [5, 5.41) is 11.5. The lowest BCUT2D eigenvalue weighted by Crippen LogP contribution is -2.57. The number of hydrogen-bond donors (Lipinski definition) is 1. The molecule has 5 aromatic rings. The average Bonchev–Trinajstić information content (AvgIpc) is 3.60. The second kappa shape index (κ2) is 12.3. The lowest BCUT2D eigenvalue weighted by atomic mass is 9.83. The van der Waals surface area contributed by atoms with Crippen molar-refractivity contribution in [3.05, 3.63) is 114 Å². The molecule has 0 spiro atoms. The van der Waals surface area contributed by atoms with E-state index in [1.165, 1.54) is 11.3 Å². The molecule has 0 aliphatic carbocycles. The van der Waals surface area contributed by atoms with Gasteiger partial charge in [0.05, 0.1) is 34.8 Å². The Morgan fingerprint density at radius 2 is 1.70 bits per heavy atom. The highest BCUT2D eigenvalue weighted by atomic mass is 32.2. The Labute approximate surface area is 272 Å². The predicted octanol–water partition coefficient (Wildman–Crippen LogP) is 6.41. The van der Waals surface area contributed by atoms with Gasteiger partial charge >= 0.3 is 0 Å². The standard InChI is InChI=1S/C38H42N4O3S/c1-4-40-23-21-32-33-24-27(15-20-34(33)41(5-2)38(32)36(40)25-43)37-31(19-16-28-10-8-9-22-39-28)30-11-6-7-12-35(30)42(37)46(44,45)29-17-13-26(3)14-18-29/h6-15,17-18,20,22,24,32,36,38,43H,4-5,16,19,21,23,25H2,1-3H3. The Morgan fingerprint density at radius 3 is 2.41 bits per heavy atom. The van der Waals surface area contributed by atoms with Gasteiger partial charge in [-0.05, 0) is 105 Å². The SMILES string of the molecule is CCN1CCC2c3cc(-c4c(CCc5ccccn5)c5ccccc5n4S(=O)(=O)c4ccc(C)cc4)ccc3N(CC)C2C1CO. The van der Waals surface area contributed by atoms with E-state index in [0.717, 1.165) is 59.5 Å². The van der Waals surface area contributed by atoms with Crippen molar-refractivity contribution in [2.24, 2.45) is 0 Å². The van der Waals surface area contributed by atoms with E-state index >= 15 is 0 Å². The molecule has 1 fully saturated rings. The largest absolute Gasteiger partial charge is 0.395 e. The van der Waals surface area contributed by atoms with Crippen LogP contribution in [0.1, 0.15) is 48.6 Å². The summed E-state index contributed by atoms with van der Waals surface area (Å²) in [5.74, 6) is 0.262. The molecule has 1 saturated heterocycles. The first-order valence-electron chi connectivity index (χ1n) is 16.5. The molecule has 0 saturated carbocycles. The van der Waals surface area contributed by atoms with Crippen LogP contribution >= 0.6 is 0 Å². The second-order valence-electron chi connectivity index (χ2n) is 12.6. The van der Waals surface area contributed by atoms with Gasteiger partial charge in [0.15, 0.2) is 0 Å². The van der Waals surface area contributed by atoms with E-state index in [-0.39, 0.29) is 29.5 Å². The number of fused-ring (bicyclic) bond motifs is 4. The van der Waals surface area contributed by atoms with Crippen molar-refractivity contribution in [1.82, 2.24) is 13.9 Å². The molecule has 2 aliphatic heterocycles. The van der Waals surface area contributed by atoms with Crippen molar-refractivity contribution in [3.8, 4) is 11.3 Å². The van der Waals surface area contributed by atoms with Crippen LogP contribution < -0.4 is 4.90 Å². The number of likely N-dealkylation sites (N-methyl/N-ethyl adjacent to an activating group) is 2. The van der Waals surface area contributed by atoms with Gasteiger partial charge in [-0.25, -0.2) is 12.4 Å². The fourth-order valence-corrected chi connectivity index (χ4v) is 9.56. The Kier molecular flexibility index (Phi) is 8.21. The molecule has 3 aromatic carbocycles. The minimum absolute atomic E-state index is 0.0573. The highest BCUT2D eigenvalue weighted by molar-refractivity contribution is 7.90. The highest BCUT2D eigenvalue weighted by Crippen LogP contribution is 2.49. The zero-order valence-corrected chi connectivity index (χ0v) is 27.6.